The number of piperidine rings is 1. The number of Topliss-reactive ketones (excluding diaryl/α,β-unsaturated/α-hetero) is 3. The van der Waals surface area contributed by atoms with Gasteiger partial charge in [0, 0.05) is 65.6 Å². The van der Waals surface area contributed by atoms with Crippen LogP contribution in [0, 0.1) is 41.4 Å². The first-order valence-electron chi connectivity index (χ1n) is 26.8. The topological polar surface area (TPSA) is 183 Å². The molecule has 4 rings (SSSR count). The molecule has 1 N–H and O–H groups in total. The van der Waals surface area contributed by atoms with Crippen molar-refractivity contribution in [2.24, 2.45) is 41.4 Å². The standard InChI is InChI=1S/C57H91NO14/c1-36-18-14-13-15-19-37(2)49(70-29-28-69-27-26-65-9)34-45-24-22-43(8)57(64,72-45)54(61)55(62)58-25-17-16-20-46(58)56(63)71-50(40(5)32-44-23-21-38(3)48(33-44)66-10)35-47(59)39(4)31-42(7)52(67-11)53(68-12)51(60)41(6)30-36/h13-15,18-19,31,36,38-41,43-46,48-50,52-53,64H,16-17,20-30,32-35H2,1-12H3/b15-13?,18-14+,37-19?,42-31+/t36-,38-,39-,40-,41-,43-,44+,45+,46+,48-,49?,50+,52-,53+,57-/m1/s1. The summed E-state index contributed by atoms with van der Waals surface area (Å²) in [5.41, 5.74) is 1.53. The first kappa shape index (κ1) is 61.1. The predicted molar refractivity (Wildman–Crippen MR) is 275 cm³/mol. The summed E-state index contributed by atoms with van der Waals surface area (Å²) in [6.45, 7) is 16.9. The van der Waals surface area contributed by atoms with E-state index >= 15 is 0 Å². The van der Waals surface area contributed by atoms with Crippen LogP contribution in [0.3, 0.4) is 0 Å². The molecule has 0 aromatic rings. The quantitative estimate of drug-likeness (QED) is 0.0808. The van der Waals surface area contributed by atoms with Gasteiger partial charge in [0.05, 0.1) is 44.7 Å². The molecule has 1 saturated carbocycles. The van der Waals surface area contributed by atoms with Gasteiger partial charge in [-0.1, -0.05) is 78.0 Å². The van der Waals surface area contributed by atoms with Crippen LogP contribution < -0.4 is 0 Å². The SMILES string of the molecule is COCCOCCOC1C[C@@H]2CC[C@@H](C)[C@@](O)(O2)C(=O)C(=O)N2CCCC[C@H]2C(=O)O[C@H]([C@H](C)C[C@@H]2CC[C@@H](C)[C@H](OC)C2)CC(=O)[C@H](C)/C=C(\C)[C@@H](OC)[C@@H](OC)C(=O)[C@H](C)C[C@H](C)/C=C/C=CC=C1C. The molecule has 3 aliphatic heterocycles. The Morgan fingerprint density at radius 1 is 0.792 bits per heavy atom. The molecule has 408 valence electrons. The molecular formula is C57H91NO14. The number of rotatable bonds is 13. The normalized spacial score (nSPS) is 36.5. The minimum Gasteiger partial charge on any atom is -0.460 e. The molecule has 15 atom stereocenters. The predicted octanol–water partition coefficient (Wildman–Crippen LogP) is 8.14. The highest BCUT2D eigenvalue weighted by atomic mass is 16.6. The number of aliphatic hydroxyl groups is 1. The number of methoxy groups -OCH3 is 4. The van der Waals surface area contributed by atoms with Crippen LogP contribution in [0.1, 0.15) is 132 Å². The molecule has 2 bridgehead atoms. The molecule has 0 aromatic heterocycles. The van der Waals surface area contributed by atoms with E-state index in [1.807, 2.05) is 58.1 Å². The number of nitrogens with zero attached hydrogens (tertiary/aromatic N) is 1. The van der Waals surface area contributed by atoms with Gasteiger partial charge in [-0.25, -0.2) is 4.79 Å². The molecule has 3 heterocycles. The Kier molecular flexibility index (Phi) is 25.7. The summed E-state index contributed by atoms with van der Waals surface area (Å²) in [6, 6.07) is -1.11. The summed E-state index contributed by atoms with van der Waals surface area (Å²) in [5.74, 6) is -6.78. The molecule has 1 aliphatic carbocycles. The third-order valence-electron chi connectivity index (χ3n) is 15.8. The van der Waals surface area contributed by atoms with E-state index in [1.165, 1.54) is 19.1 Å². The van der Waals surface area contributed by atoms with E-state index in [1.54, 1.807) is 34.1 Å². The second-order valence-electron chi connectivity index (χ2n) is 21.5. The van der Waals surface area contributed by atoms with Crippen LogP contribution in [0.15, 0.2) is 47.6 Å². The maximum absolute atomic E-state index is 14.6. The lowest BCUT2D eigenvalue weighted by atomic mass is 9.76. The van der Waals surface area contributed by atoms with Crippen LogP contribution in [0.2, 0.25) is 0 Å². The smallest absolute Gasteiger partial charge is 0.329 e. The number of esters is 1. The molecule has 0 aromatic carbocycles. The number of hydrogen-bond acceptors (Lipinski definition) is 14. The van der Waals surface area contributed by atoms with Crippen LogP contribution in [0.4, 0.5) is 0 Å². The van der Waals surface area contributed by atoms with E-state index in [2.05, 4.69) is 13.8 Å². The van der Waals surface area contributed by atoms with Gasteiger partial charge in [-0.2, -0.15) is 0 Å². The Balaban J connectivity index is 1.73. The highest BCUT2D eigenvalue weighted by Gasteiger charge is 2.53. The van der Waals surface area contributed by atoms with E-state index in [0.717, 1.165) is 24.8 Å². The molecule has 3 fully saturated rings. The van der Waals surface area contributed by atoms with Crippen molar-refractivity contribution in [1.29, 1.82) is 0 Å². The fraction of sp³-hybridized carbons (Fsp3) is 0.772. The van der Waals surface area contributed by atoms with E-state index in [0.29, 0.717) is 69.8 Å². The molecule has 15 heteroatoms. The van der Waals surface area contributed by atoms with Gasteiger partial charge in [-0.05, 0) is 113 Å². The molecule has 2 saturated heterocycles. The molecule has 0 spiro atoms. The first-order chi connectivity index (χ1) is 34.3. The Hall–Kier alpha value is -3.41. The Labute approximate surface area is 431 Å². The van der Waals surface area contributed by atoms with Gasteiger partial charge in [0.15, 0.2) is 5.78 Å². The van der Waals surface area contributed by atoms with Crippen molar-refractivity contribution >= 4 is 29.2 Å². The minimum atomic E-state index is -2.45. The number of ether oxygens (including phenoxy) is 8. The van der Waals surface area contributed by atoms with Gasteiger partial charge in [0.1, 0.15) is 30.1 Å². The summed E-state index contributed by atoms with van der Waals surface area (Å²) in [7, 11) is 6.35. The summed E-state index contributed by atoms with van der Waals surface area (Å²) in [6.07, 6.45) is 14.6. The number of ketones is 3. The zero-order valence-corrected chi connectivity index (χ0v) is 45.8. The number of carbonyl (C=O) groups is 5. The third kappa shape index (κ3) is 17.3. The van der Waals surface area contributed by atoms with E-state index < -0.39 is 71.8 Å². The number of cyclic esters (lactones) is 1. The van der Waals surface area contributed by atoms with Crippen LogP contribution in [-0.2, 0) is 61.9 Å². The highest BCUT2D eigenvalue weighted by molar-refractivity contribution is 6.39. The summed E-state index contributed by atoms with van der Waals surface area (Å²) >= 11 is 0. The number of fused-ring (bicyclic) bond motifs is 3. The van der Waals surface area contributed by atoms with E-state index in [-0.39, 0.29) is 73.8 Å². The molecule has 15 nitrogen and oxygen atoms in total. The van der Waals surface area contributed by atoms with Crippen LogP contribution in [0.25, 0.3) is 0 Å². The maximum Gasteiger partial charge on any atom is 0.329 e. The number of hydrogen-bond donors (Lipinski definition) is 1. The van der Waals surface area contributed by atoms with Crippen LogP contribution in [0.5, 0.6) is 0 Å². The Bertz CT molecular complexity index is 1880. The lowest BCUT2D eigenvalue weighted by Gasteiger charge is -2.43. The van der Waals surface area contributed by atoms with Crippen LogP contribution >= 0.6 is 0 Å². The fourth-order valence-electron chi connectivity index (χ4n) is 11.1. The lowest BCUT2D eigenvalue weighted by molar-refractivity contribution is -0.266. The summed E-state index contributed by atoms with van der Waals surface area (Å²) < 4.78 is 47.4. The van der Waals surface area contributed by atoms with Gasteiger partial charge in [0.25, 0.3) is 11.7 Å². The Morgan fingerprint density at radius 2 is 1.51 bits per heavy atom. The first-order valence-corrected chi connectivity index (χ1v) is 26.8. The number of amides is 1. The molecule has 4 aliphatic rings. The van der Waals surface area contributed by atoms with Gasteiger partial charge in [-0.15, -0.1) is 0 Å². The zero-order valence-electron chi connectivity index (χ0n) is 45.8. The number of allylic oxidation sites excluding steroid dienone is 6. The molecule has 72 heavy (non-hydrogen) atoms. The van der Waals surface area contributed by atoms with Crippen molar-refractivity contribution < 1.29 is 67.0 Å². The van der Waals surface area contributed by atoms with Gasteiger partial charge >= 0.3 is 5.97 Å². The summed E-state index contributed by atoms with van der Waals surface area (Å²) in [5, 5.41) is 12.2. The van der Waals surface area contributed by atoms with E-state index in [4.69, 9.17) is 37.9 Å². The summed E-state index contributed by atoms with van der Waals surface area (Å²) in [4.78, 5) is 73.1. The monoisotopic (exact) mass is 1010 g/mol. The third-order valence-corrected chi connectivity index (χ3v) is 15.8. The van der Waals surface area contributed by atoms with Gasteiger partial charge in [-0.3, -0.25) is 19.2 Å². The lowest BCUT2D eigenvalue weighted by Crippen LogP contribution is -2.61. The molecule has 1 amide bonds. The largest absolute Gasteiger partial charge is 0.460 e. The van der Waals surface area contributed by atoms with E-state index in [9.17, 15) is 29.1 Å². The number of carbonyl (C=O) groups excluding carboxylic acids is 5. The maximum atomic E-state index is 14.6. The molecule has 1 unspecified atom stereocenters. The fourth-order valence-corrected chi connectivity index (χ4v) is 11.1. The average molecular weight is 1010 g/mol. The second-order valence-corrected chi connectivity index (χ2v) is 21.5. The van der Waals surface area contributed by atoms with Crippen LogP contribution in [-0.4, -0.2) is 149 Å². The highest BCUT2D eigenvalue weighted by Crippen LogP contribution is 2.38. The van der Waals surface area contributed by atoms with Crippen molar-refractivity contribution in [2.75, 3.05) is 61.4 Å². The molecular weight excluding hydrogens is 923 g/mol. The average Bonchev–Trinajstić information content (AvgIpc) is 3.36. The molecule has 0 radical (unpaired) electrons. The van der Waals surface area contributed by atoms with Crippen molar-refractivity contribution in [3.63, 3.8) is 0 Å². The zero-order chi connectivity index (χ0) is 53.1. The van der Waals surface area contributed by atoms with Crippen molar-refractivity contribution in [3.05, 3.63) is 47.6 Å². The Morgan fingerprint density at radius 3 is 2.21 bits per heavy atom. The van der Waals surface area contributed by atoms with Crippen molar-refractivity contribution in [1.82, 2.24) is 4.90 Å². The van der Waals surface area contributed by atoms with Gasteiger partial charge < -0.3 is 47.9 Å². The van der Waals surface area contributed by atoms with Gasteiger partial charge in [0.2, 0.25) is 5.79 Å². The van der Waals surface area contributed by atoms with Crippen molar-refractivity contribution in [2.45, 2.75) is 181 Å². The minimum absolute atomic E-state index is 0.0455. The van der Waals surface area contributed by atoms with Crippen molar-refractivity contribution in [3.8, 4) is 0 Å². The second kappa shape index (κ2) is 30.2.